The molecule has 1 aliphatic heterocycles. The van der Waals surface area contributed by atoms with Gasteiger partial charge in [0.1, 0.15) is 5.82 Å². The highest BCUT2D eigenvalue weighted by atomic mass is 19.1. The second-order valence-corrected chi connectivity index (χ2v) is 6.66. The van der Waals surface area contributed by atoms with E-state index in [1.807, 2.05) is 24.0 Å². The van der Waals surface area contributed by atoms with Gasteiger partial charge in [-0.25, -0.2) is 4.39 Å². The molecule has 1 heterocycles. The summed E-state index contributed by atoms with van der Waals surface area (Å²) < 4.78 is 13.7. The number of carbonyl (C=O) groups is 1. The zero-order chi connectivity index (χ0) is 15.5. The van der Waals surface area contributed by atoms with Crippen LogP contribution in [0.15, 0.2) is 24.3 Å². The number of nitrogens with one attached hydrogen (secondary N) is 1. The van der Waals surface area contributed by atoms with E-state index in [1.54, 1.807) is 6.07 Å². The number of hydrogen-bond donors (Lipinski definition) is 1. The van der Waals surface area contributed by atoms with Gasteiger partial charge in [0.25, 0.3) is 0 Å². The summed E-state index contributed by atoms with van der Waals surface area (Å²) in [5, 5.41) is 3.42. The monoisotopic (exact) mass is 304 g/mol. The average Bonchev–Trinajstić information content (AvgIpc) is 2.51. The first-order valence-electron chi connectivity index (χ1n) is 8.44. The van der Waals surface area contributed by atoms with Gasteiger partial charge in [0.05, 0.1) is 6.04 Å². The van der Waals surface area contributed by atoms with Gasteiger partial charge in [-0.05, 0) is 56.6 Å². The molecule has 0 aromatic heterocycles. The van der Waals surface area contributed by atoms with Gasteiger partial charge < -0.3 is 10.2 Å². The van der Waals surface area contributed by atoms with Crippen LogP contribution >= 0.6 is 0 Å². The zero-order valence-electron chi connectivity index (χ0n) is 13.2. The lowest BCUT2D eigenvalue weighted by Gasteiger charge is -2.39. The molecule has 4 heteroatoms. The minimum absolute atomic E-state index is 0.108. The van der Waals surface area contributed by atoms with Gasteiger partial charge in [-0.1, -0.05) is 18.2 Å². The summed E-state index contributed by atoms with van der Waals surface area (Å²) in [6.07, 6.45) is 5.31. The van der Waals surface area contributed by atoms with E-state index >= 15 is 0 Å². The Kier molecular flexibility index (Phi) is 4.77. The molecule has 0 radical (unpaired) electrons. The van der Waals surface area contributed by atoms with Gasteiger partial charge in [-0.2, -0.15) is 0 Å². The van der Waals surface area contributed by atoms with Crippen molar-refractivity contribution < 1.29 is 9.18 Å². The standard InChI is InChI=1S/C18H25FN2O/c1-13(18(22)21-9-5-2-6-10-21)20-15-11-14(12-15)16-7-3-4-8-17(16)19/h3-4,7-8,13-15,20H,2,5-6,9-12H2,1H3/t13-,14?,15?/m0/s1. The molecule has 0 bridgehead atoms. The predicted octanol–water partition coefficient (Wildman–Crippen LogP) is 3.06. The number of halogens is 1. The third-order valence-corrected chi connectivity index (χ3v) is 5.01. The molecule has 1 saturated carbocycles. The van der Waals surface area contributed by atoms with Crippen molar-refractivity contribution in [2.24, 2.45) is 0 Å². The van der Waals surface area contributed by atoms with Gasteiger partial charge in [0, 0.05) is 19.1 Å². The maximum Gasteiger partial charge on any atom is 0.239 e. The molecule has 1 N–H and O–H groups in total. The molecule has 0 unspecified atom stereocenters. The summed E-state index contributed by atoms with van der Waals surface area (Å²) in [7, 11) is 0. The van der Waals surface area contributed by atoms with Crippen LogP contribution in [0.4, 0.5) is 4.39 Å². The van der Waals surface area contributed by atoms with Crippen LogP contribution < -0.4 is 5.32 Å². The van der Waals surface area contributed by atoms with Gasteiger partial charge in [-0.3, -0.25) is 4.79 Å². The van der Waals surface area contributed by atoms with Crippen LogP contribution in [0, 0.1) is 5.82 Å². The van der Waals surface area contributed by atoms with E-state index in [4.69, 9.17) is 0 Å². The van der Waals surface area contributed by atoms with Crippen molar-refractivity contribution in [2.45, 2.75) is 57.0 Å². The number of likely N-dealkylation sites (tertiary alicyclic amines) is 1. The molecule has 2 fully saturated rings. The summed E-state index contributed by atoms with van der Waals surface area (Å²) in [6.45, 7) is 3.74. The summed E-state index contributed by atoms with van der Waals surface area (Å²) in [5.41, 5.74) is 0.815. The maximum absolute atomic E-state index is 13.7. The van der Waals surface area contributed by atoms with Crippen molar-refractivity contribution in [3.8, 4) is 0 Å². The minimum Gasteiger partial charge on any atom is -0.341 e. The molecule has 0 spiro atoms. The molecule has 1 aromatic rings. The van der Waals surface area contributed by atoms with Crippen molar-refractivity contribution in [3.63, 3.8) is 0 Å². The summed E-state index contributed by atoms with van der Waals surface area (Å²) in [4.78, 5) is 14.4. The van der Waals surface area contributed by atoms with Crippen molar-refractivity contribution in [3.05, 3.63) is 35.6 Å². The van der Waals surface area contributed by atoms with E-state index < -0.39 is 0 Å². The van der Waals surface area contributed by atoms with Crippen LogP contribution in [0.25, 0.3) is 0 Å². The van der Waals surface area contributed by atoms with E-state index in [9.17, 15) is 9.18 Å². The Morgan fingerprint density at radius 1 is 1.23 bits per heavy atom. The Balaban J connectivity index is 1.47. The number of nitrogens with zero attached hydrogens (tertiary/aromatic N) is 1. The first-order chi connectivity index (χ1) is 10.6. The summed E-state index contributed by atoms with van der Waals surface area (Å²) in [5.74, 6) is 0.397. The van der Waals surface area contributed by atoms with E-state index in [2.05, 4.69) is 5.32 Å². The molecular weight excluding hydrogens is 279 g/mol. The Morgan fingerprint density at radius 3 is 2.59 bits per heavy atom. The second kappa shape index (κ2) is 6.78. The fourth-order valence-electron chi connectivity index (χ4n) is 3.63. The maximum atomic E-state index is 13.7. The van der Waals surface area contributed by atoms with E-state index in [0.717, 1.165) is 44.3 Å². The highest BCUT2D eigenvalue weighted by molar-refractivity contribution is 5.81. The molecule has 1 saturated heterocycles. The third kappa shape index (κ3) is 3.32. The third-order valence-electron chi connectivity index (χ3n) is 5.01. The van der Waals surface area contributed by atoms with Gasteiger partial charge in [-0.15, -0.1) is 0 Å². The number of carbonyl (C=O) groups excluding carboxylic acids is 1. The van der Waals surface area contributed by atoms with Crippen molar-refractivity contribution in [2.75, 3.05) is 13.1 Å². The van der Waals surface area contributed by atoms with Crippen LogP contribution in [-0.4, -0.2) is 36.0 Å². The molecule has 1 aliphatic carbocycles. The quantitative estimate of drug-likeness (QED) is 0.927. The van der Waals surface area contributed by atoms with E-state index in [-0.39, 0.29) is 23.7 Å². The van der Waals surface area contributed by atoms with Crippen LogP contribution in [0.3, 0.4) is 0 Å². The molecular formula is C18H25FN2O. The van der Waals surface area contributed by atoms with Gasteiger partial charge in [0.15, 0.2) is 0 Å². The molecule has 1 amide bonds. The lowest BCUT2D eigenvalue weighted by atomic mass is 9.75. The van der Waals surface area contributed by atoms with E-state index in [1.165, 1.54) is 12.5 Å². The molecule has 1 atom stereocenters. The molecule has 2 aliphatic rings. The topological polar surface area (TPSA) is 32.3 Å². The Bertz CT molecular complexity index is 522. The van der Waals surface area contributed by atoms with Crippen molar-refractivity contribution >= 4 is 5.91 Å². The predicted molar refractivity (Wildman–Crippen MR) is 85.2 cm³/mol. The molecule has 3 nitrogen and oxygen atoms in total. The van der Waals surface area contributed by atoms with Crippen molar-refractivity contribution in [1.29, 1.82) is 0 Å². The number of rotatable bonds is 4. The highest BCUT2D eigenvalue weighted by Gasteiger charge is 2.34. The average molecular weight is 304 g/mol. The SMILES string of the molecule is C[C@H](NC1CC(c2ccccc2F)C1)C(=O)N1CCCCC1. The smallest absolute Gasteiger partial charge is 0.239 e. The number of benzene rings is 1. The van der Waals surface area contributed by atoms with Crippen molar-refractivity contribution in [1.82, 2.24) is 10.2 Å². The Morgan fingerprint density at radius 2 is 1.91 bits per heavy atom. The zero-order valence-corrected chi connectivity index (χ0v) is 13.2. The largest absolute Gasteiger partial charge is 0.341 e. The van der Waals surface area contributed by atoms with Gasteiger partial charge in [0.2, 0.25) is 5.91 Å². The first kappa shape index (κ1) is 15.5. The first-order valence-corrected chi connectivity index (χ1v) is 8.44. The number of hydrogen-bond acceptors (Lipinski definition) is 2. The van der Waals surface area contributed by atoms with Crippen LogP contribution in [0.1, 0.15) is 50.5 Å². The minimum atomic E-state index is -0.135. The molecule has 1 aromatic carbocycles. The molecule has 120 valence electrons. The Labute approximate surface area is 131 Å². The second-order valence-electron chi connectivity index (χ2n) is 6.66. The fraction of sp³-hybridized carbons (Fsp3) is 0.611. The Hall–Kier alpha value is -1.42. The summed E-state index contributed by atoms with van der Waals surface area (Å²) >= 11 is 0. The number of piperidine rings is 1. The molecule has 22 heavy (non-hydrogen) atoms. The number of amides is 1. The highest BCUT2D eigenvalue weighted by Crippen LogP contribution is 2.38. The lowest BCUT2D eigenvalue weighted by molar-refractivity contribution is -0.134. The normalized spacial score (nSPS) is 26.4. The fourth-order valence-corrected chi connectivity index (χ4v) is 3.63. The summed E-state index contributed by atoms with van der Waals surface area (Å²) in [6, 6.07) is 7.21. The van der Waals surface area contributed by atoms with Crippen LogP contribution in [0.2, 0.25) is 0 Å². The van der Waals surface area contributed by atoms with E-state index in [0.29, 0.717) is 6.04 Å². The molecule has 3 rings (SSSR count). The van der Waals surface area contributed by atoms with Crippen LogP contribution in [-0.2, 0) is 4.79 Å². The van der Waals surface area contributed by atoms with Gasteiger partial charge >= 0.3 is 0 Å². The lowest BCUT2D eigenvalue weighted by Crippen LogP contribution is -2.52. The van der Waals surface area contributed by atoms with Crippen LogP contribution in [0.5, 0.6) is 0 Å².